The average Bonchev–Trinajstić information content (AvgIpc) is 2.85. The molecule has 0 saturated heterocycles. The smallest absolute Gasteiger partial charge is 0.297 e. The molecule has 1 N–H and O–H groups in total. The number of nitrogens with one attached hydrogen (secondary N) is 1. The summed E-state index contributed by atoms with van der Waals surface area (Å²) in [6, 6.07) is 11.1. The molecular weight excluding hydrogens is 393 g/mol. The van der Waals surface area contributed by atoms with Crippen molar-refractivity contribution in [3.63, 3.8) is 0 Å². The van der Waals surface area contributed by atoms with E-state index in [2.05, 4.69) is 4.72 Å². The molecule has 9 heteroatoms. The van der Waals surface area contributed by atoms with Crippen LogP contribution >= 0.6 is 23.2 Å². The highest BCUT2D eigenvalue weighted by Crippen LogP contribution is 2.35. The zero-order valence-electron chi connectivity index (χ0n) is 12.2. The van der Waals surface area contributed by atoms with Gasteiger partial charge in [-0.2, -0.15) is 8.42 Å². The number of para-hydroxylation sites is 1. The molecule has 0 bridgehead atoms. The Kier molecular flexibility index (Phi) is 4.61. The SMILES string of the molecule is CS(=O)c1ccc(Cl)cc1NS(=O)(=O)c1oc2ccccc2c1Cl. The maximum atomic E-state index is 12.6. The Labute approximate surface area is 151 Å². The summed E-state index contributed by atoms with van der Waals surface area (Å²) >= 11 is 12.1. The van der Waals surface area contributed by atoms with Crippen molar-refractivity contribution >= 4 is 60.7 Å². The first-order valence-corrected chi connectivity index (χ1v) is 10.4. The number of anilines is 1. The van der Waals surface area contributed by atoms with Gasteiger partial charge in [0.25, 0.3) is 15.1 Å². The van der Waals surface area contributed by atoms with Crippen molar-refractivity contribution in [3.05, 3.63) is 52.5 Å². The van der Waals surface area contributed by atoms with Gasteiger partial charge in [0.1, 0.15) is 10.6 Å². The molecule has 0 amide bonds. The van der Waals surface area contributed by atoms with Crippen LogP contribution in [0.2, 0.25) is 10.0 Å². The van der Waals surface area contributed by atoms with Gasteiger partial charge in [-0.15, -0.1) is 0 Å². The zero-order valence-corrected chi connectivity index (χ0v) is 15.4. The molecule has 3 aromatic rings. The molecule has 0 aliphatic rings. The Balaban J connectivity index is 2.10. The lowest BCUT2D eigenvalue weighted by Crippen LogP contribution is -2.14. The highest BCUT2D eigenvalue weighted by Gasteiger charge is 2.26. The molecule has 5 nitrogen and oxygen atoms in total. The molecule has 1 heterocycles. The van der Waals surface area contributed by atoms with Crippen molar-refractivity contribution < 1.29 is 17.0 Å². The van der Waals surface area contributed by atoms with Crippen LogP contribution in [0.1, 0.15) is 0 Å². The van der Waals surface area contributed by atoms with E-state index in [0.717, 1.165) is 0 Å². The fraction of sp³-hybridized carbons (Fsp3) is 0.0667. The Morgan fingerprint density at radius 1 is 1.12 bits per heavy atom. The monoisotopic (exact) mass is 403 g/mol. The summed E-state index contributed by atoms with van der Waals surface area (Å²) in [5, 5.41) is 0.375. The van der Waals surface area contributed by atoms with Crippen molar-refractivity contribution in [2.45, 2.75) is 9.99 Å². The van der Waals surface area contributed by atoms with E-state index in [1.165, 1.54) is 24.5 Å². The zero-order chi connectivity index (χ0) is 17.5. The highest BCUT2D eigenvalue weighted by atomic mass is 35.5. The normalized spacial score (nSPS) is 13.1. The molecule has 3 rings (SSSR count). The van der Waals surface area contributed by atoms with Crippen molar-refractivity contribution in [1.82, 2.24) is 0 Å². The quantitative estimate of drug-likeness (QED) is 0.704. The van der Waals surface area contributed by atoms with Gasteiger partial charge in [-0.05, 0) is 30.3 Å². The molecule has 0 fully saturated rings. The number of benzene rings is 2. The maximum Gasteiger partial charge on any atom is 0.297 e. The molecule has 1 atom stereocenters. The van der Waals surface area contributed by atoms with Crippen LogP contribution in [0.4, 0.5) is 5.69 Å². The molecule has 0 saturated carbocycles. The fourth-order valence-corrected chi connectivity index (χ4v) is 4.70. The molecule has 1 unspecified atom stereocenters. The lowest BCUT2D eigenvalue weighted by molar-refractivity contribution is 0.484. The fourth-order valence-electron chi connectivity index (χ4n) is 2.19. The minimum Gasteiger partial charge on any atom is -0.442 e. The topological polar surface area (TPSA) is 76.4 Å². The number of hydrogen-bond acceptors (Lipinski definition) is 4. The Bertz CT molecular complexity index is 1060. The van der Waals surface area contributed by atoms with Gasteiger partial charge in [0.2, 0.25) is 0 Å². The molecule has 1 aromatic heterocycles. The Morgan fingerprint density at radius 2 is 1.83 bits per heavy atom. The van der Waals surface area contributed by atoms with Crippen LogP contribution in [0.25, 0.3) is 11.0 Å². The molecule has 126 valence electrons. The number of fused-ring (bicyclic) bond motifs is 1. The predicted molar refractivity (Wildman–Crippen MR) is 95.8 cm³/mol. The summed E-state index contributed by atoms with van der Waals surface area (Å²) in [5.74, 6) is 0. The number of halogens is 2. The highest BCUT2D eigenvalue weighted by molar-refractivity contribution is 7.92. The van der Waals surface area contributed by atoms with E-state index >= 15 is 0 Å². The second-order valence-electron chi connectivity index (χ2n) is 4.90. The lowest BCUT2D eigenvalue weighted by Gasteiger charge is -2.10. The van der Waals surface area contributed by atoms with Gasteiger partial charge in [0.05, 0.1) is 21.4 Å². The van der Waals surface area contributed by atoms with Crippen LogP contribution in [0.15, 0.2) is 56.9 Å². The van der Waals surface area contributed by atoms with Crippen LogP contribution in [0.3, 0.4) is 0 Å². The summed E-state index contributed by atoms with van der Waals surface area (Å²) in [5.41, 5.74) is 0.466. The summed E-state index contributed by atoms with van der Waals surface area (Å²) in [4.78, 5) is 0.301. The molecule has 0 radical (unpaired) electrons. The second kappa shape index (κ2) is 6.40. The number of rotatable bonds is 4. The van der Waals surface area contributed by atoms with E-state index in [9.17, 15) is 12.6 Å². The molecule has 2 aromatic carbocycles. The van der Waals surface area contributed by atoms with Gasteiger partial charge < -0.3 is 4.42 Å². The van der Waals surface area contributed by atoms with Gasteiger partial charge in [-0.1, -0.05) is 35.3 Å². The van der Waals surface area contributed by atoms with Crippen molar-refractivity contribution in [2.24, 2.45) is 0 Å². The Hall–Kier alpha value is -1.54. The number of sulfonamides is 1. The van der Waals surface area contributed by atoms with Crippen molar-refractivity contribution in [2.75, 3.05) is 11.0 Å². The first-order valence-electron chi connectivity index (χ1n) is 6.62. The molecule has 0 aliphatic heterocycles. The first kappa shape index (κ1) is 17.3. The standard InChI is InChI=1S/C15H11Cl2NO4S2/c1-23(19)13-7-6-9(16)8-11(13)18-24(20,21)15-14(17)10-4-2-3-5-12(10)22-15/h2-8,18H,1H3. The third-order valence-electron chi connectivity index (χ3n) is 3.25. The van der Waals surface area contributed by atoms with E-state index in [4.69, 9.17) is 27.6 Å². The predicted octanol–water partition coefficient (Wildman–Crippen LogP) is 4.28. The summed E-state index contributed by atoms with van der Waals surface area (Å²) in [7, 11) is -5.53. The van der Waals surface area contributed by atoms with E-state index in [1.54, 1.807) is 24.3 Å². The molecule has 0 spiro atoms. The van der Waals surface area contributed by atoms with Gasteiger partial charge in [-0.3, -0.25) is 8.93 Å². The summed E-state index contributed by atoms with van der Waals surface area (Å²) in [6.07, 6.45) is 1.44. The van der Waals surface area contributed by atoms with Gasteiger partial charge >= 0.3 is 0 Å². The van der Waals surface area contributed by atoms with Gasteiger partial charge in [0, 0.05) is 16.7 Å². The van der Waals surface area contributed by atoms with Crippen LogP contribution < -0.4 is 4.72 Å². The number of hydrogen-bond donors (Lipinski definition) is 1. The minimum atomic E-state index is -4.12. The van der Waals surface area contributed by atoms with E-state index in [1.807, 2.05) is 0 Å². The summed E-state index contributed by atoms with van der Waals surface area (Å²) in [6.45, 7) is 0. The van der Waals surface area contributed by atoms with Gasteiger partial charge in [-0.25, -0.2) is 0 Å². The third kappa shape index (κ3) is 3.17. The van der Waals surface area contributed by atoms with Crippen LogP contribution in [0.5, 0.6) is 0 Å². The van der Waals surface area contributed by atoms with Crippen LogP contribution in [-0.4, -0.2) is 18.9 Å². The third-order valence-corrected chi connectivity index (χ3v) is 6.21. The summed E-state index contributed by atoms with van der Waals surface area (Å²) < 4.78 is 44.8. The minimum absolute atomic E-state index is 0.0145. The maximum absolute atomic E-state index is 12.6. The lowest BCUT2D eigenvalue weighted by atomic mass is 10.3. The second-order valence-corrected chi connectivity index (χ2v) is 8.64. The molecule has 0 aliphatic carbocycles. The first-order chi connectivity index (χ1) is 11.3. The van der Waals surface area contributed by atoms with E-state index in [0.29, 0.717) is 20.9 Å². The average molecular weight is 404 g/mol. The van der Waals surface area contributed by atoms with Crippen LogP contribution in [-0.2, 0) is 20.8 Å². The largest absolute Gasteiger partial charge is 0.442 e. The molecule has 24 heavy (non-hydrogen) atoms. The van der Waals surface area contributed by atoms with Crippen LogP contribution in [0, 0.1) is 0 Å². The van der Waals surface area contributed by atoms with E-state index < -0.39 is 25.9 Å². The molecular formula is C15H11Cl2NO4S2. The number of furan rings is 1. The van der Waals surface area contributed by atoms with E-state index in [-0.39, 0.29) is 10.7 Å². The van der Waals surface area contributed by atoms with Gasteiger partial charge in [0.15, 0.2) is 0 Å². The Morgan fingerprint density at radius 3 is 2.50 bits per heavy atom. The van der Waals surface area contributed by atoms with Crippen molar-refractivity contribution in [1.29, 1.82) is 0 Å². The van der Waals surface area contributed by atoms with Crippen molar-refractivity contribution in [3.8, 4) is 0 Å².